The van der Waals surface area contributed by atoms with Crippen LogP contribution in [0.4, 0.5) is 11.4 Å². The summed E-state index contributed by atoms with van der Waals surface area (Å²) < 4.78 is 0. The van der Waals surface area contributed by atoms with Gasteiger partial charge in [-0.15, -0.1) is 0 Å². The zero-order valence-corrected chi connectivity index (χ0v) is 11.8. The second-order valence-electron chi connectivity index (χ2n) is 5.08. The van der Waals surface area contributed by atoms with Crippen molar-refractivity contribution in [3.63, 3.8) is 0 Å². The molecule has 0 aliphatic carbocycles. The van der Waals surface area contributed by atoms with E-state index in [0.717, 1.165) is 25.1 Å². The van der Waals surface area contributed by atoms with Crippen LogP contribution in [0.1, 0.15) is 32.6 Å². The van der Waals surface area contributed by atoms with E-state index in [2.05, 4.69) is 5.32 Å². The molecule has 1 aliphatic heterocycles. The molecule has 1 aromatic carbocycles. The summed E-state index contributed by atoms with van der Waals surface area (Å²) in [6.45, 7) is 2.73. The first kappa shape index (κ1) is 14.5. The summed E-state index contributed by atoms with van der Waals surface area (Å²) in [5.41, 5.74) is 7.29. The van der Waals surface area contributed by atoms with E-state index in [9.17, 15) is 9.59 Å². The van der Waals surface area contributed by atoms with E-state index in [1.54, 1.807) is 11.0 Å². The largest absolute Gasteiger partial charge is 0.325 e. The van der Waals surface area contributed by atoms with E-state index in [-0.39, 0.29) is 11.8 Å². The van der Waals surface area contributed by atoms with Gasteiger partial charge in [-0.25, -0.2) is 0 Å². The molecule has 1 aliphatic rings. The third-order valence-electron chi connectivity index (χ3n) is 3.44. The summed E-state index contributed by atoms with van der Waals surface area (Å²) in [5, 5.41) is 2.80. The van der Waals surface area contributed by atoms with Gasteiger partial charge in [0.05, 0.1) is 6.04 Å². The predicted octanol–water partition coefficient (Wildman–Crippen LogP) is 1.88. The van der Waals surface area contributed by atoms with Crippen LogP contribution < -0.4 is 16.0 Å². The Morgan fingerprint density at radius 3 is 2.95 bits per heavy atom. The van der Waals surface area contributed by atoms with Gasteiger partial charge in [0.2, 0.25) is 11.8 Å². The van der Waals surface area contributed by atoms with Gasteiger partial charge >= 0.3 is 0 Å². The van der Waals surface area contributed by atoms with Crippen LogP contribution in [0.2, 0.25) is 0 Å². The van der Waals surface area contributed by atoms with E-state index in [1.165, 1.54) is 0 Å². The fourth-order valence-corrected chi connectivity index (χ4v) is 2.35. The van der Waals surface area contributed by atoms with Gasteiger partial charge in [0, 0.05) is 24.3 Å². The monoisotopic (exact) mass is 275 g/mol. The molecule has 0 spiro atoms. The standard InChI is InChI=1S/C15H21N3O2/c1-2-5-13(16)15(20)17-11-6-3-7-12(10-11)18-9-4-8-14(18)19/h3,6-7,10,13H,2,4-5,8-9,16H2,1H3,(H,17,20)/t13-/m0/s1. The molecule has 0 aromatic heterocycles. The second-order valence-corrected chi connectivity index (χ2v) is 5.08. The van der Waals surface area contributed by atoms with Crippen molar-refractivity contribution in [2.45, 2.75) is 38.6 Å². The van der Waals surface area contributed by atoms with Crippen molar-refractivity contribution in [2.24, 2.45) is 5.73 Å². The lowest BCUT2D eigenvalue weighted by molar-refractivity contribution is -0.118. The minimum Gasteiger partial charge on any atom is -0.325 e. The Hall–Kier alpha value is -1.88. The lowest BCUT2D eigenvalue weighted by Gasteiger charge is -2.17. The maximum Gasteiger partial charge on any atom is 0.241 e. The normalized spacial score (nSPS) is 16.3. The summed E-state index contributed by atoms with van der Waals surface area (Å²) in [6.07, 6.45) is 3.02. The highest BCUT2D eigenvalue weighted by Gasteiger charge is 2.22. The SMILES string of the molecule is CCC[C@H](N)C(=O)Nc1cccc(N2CCCC2=O)c1. The molecule has 0 bridgehead atoms. The number of rotatable bonds is 5. The molecular formula is C15H21N3O2. The van der Waals surface area contributed by atoms with Gasteiger partial charge in [0.25, 0.3) is 0 Å². The molecule has 5 nitrogen and oxygen atoms in total. The number of benzene rings is 1. The summed E-state index contributed by atoms with van der Waals surface area (Å²) in [5.74, 6) is -0.0482. The van der Waals surface area contributed by atoms with Crippen LogP contribution in [-0.4, -0.2) is 24.4 Å². The number of carbonyl (C=O) groups is 2. The maximum atomic E-state index is 11.9. The first-order chi connectivity index (χ1) is 9.61. The fraction of sp³-hybridized carbons (Fsp3) is 0.467. The van der Waals surface area contributed by atoms with Gasteiger partial charge in [-0.3, -0.25) is 9.59 Å². The Morgan fingerprint density at radius 1 is 1.50 bits per heavy atom. The summed E-state index contributed by atoms with van der Waals surface area (Å²) >= 11 is 0. The quantitative estimate of drug-likeness (QED) is 0.861. The van der Waals surface area contributed by atoms with Gasteiger partial charge < -0.3 is 16.0 Å². The van der Waals surface area contributed by atoms with E-state index in [1.807, 2.05) is 25.1 Å². The average Bonchev–Trinajstić information content (AvgIpc) is 2.85. The molecule has 0 unspecified atom stereocenters. The smallest absolute Gasteiger partial charge is 0.241 e. The van der Waals surface area contributed by atoms with Crippen LogP contribution in [-0.2, 0) is 9.59 Å². The van der Waals surface area contributed by atoms with Crippen molar-refractivity contribution in [3.05, 3.63) is 24.3 Å². The maximum absolute atomic E-state index is 11.9. The molecule has 2 rings (SSSR count). The minimum atomic E-state index is -0.489. The number of carbonyl (C=O) groups excluding carboxylic acids is 2. The highest BCUT2D eigenvalue weighted by molar-refractivity contribution is 5.98. The van der Waals surface area contributed by atoms with Crippen LogP contribution in [0.3, 0.4) is 0 Å². The van der Waals surface area contributed by atoms with Gasteiger partial charge in [-0.1, -0.05) is 19.4 Å². The third kappa shape index (κ3) is 3.36. The average molecular weight is 275 g/mol. The Balaban J connectivity index is 2.06. The molecule has 3 N–H and O–H groups in total. The molecule has 20 heavy (non-hydrogen) atoms. The second kappa shape index (κ2) is 6.52. The number of amides is 2. The van der Waals surface area contributed by atoms with Crippen LogP contribution >= 0.6 is 0 Å². The first-order valence-corrected chi connectivity index (χ1v) is 7.08. The number of nitrogens with one attached hydrogen (secondary N) is 1. The molecule has 1 aromatic rings. The molecule has 1 heterocycles. The van der Waals surface area contributed by atoms with Gasteiger partial charge in [0.1, 0.15) is 0 Å². The topological polar surface area (TPSA) is 75.4 Å². The van der Waals surface area contributed by atoms with Crippen LogP contribution in [0.15, 0.2) is 24.3 Å². The number of nitrogens with two attached hydrogens (primary N) is 1. The van der Waals surface area contributed by atoms with Gasteiger partial charge in [-0.2, -0.15) is 0 Å². The van der Waals surface area contributed by atoms with Crippen molar-refractivity contribution in [2.75, 3.05) is 16.8 Å². The van der Waals surface area contributed by atoms with Crippen molar-refractivity contribution < 1.29 is 9.59 Å². The van der Waals surface area contributed by atoms with Crippen LogP contribution in [0.25, 0.3) is 0 Å². The molecule has 5 heteroatoms. The summed E-state index contributed by atoms with van der Waals surface area (Å²) in [6, 6.07) is 6.85. The lowest BCUT2D eigenvalue weighted by atomic mass is 10.1. The minimum absolute atomic E-state index is 0.135. The fourth-order valence-electron chi connectivity index (χ4n) is 2.35. The molecule has 0 saturated carbocycles. The molecule has 1 atom stereocenters. The van der Waals surface area contributed by atoms with Crippen LogP contribution in [0.5, 0.6) is 0 Å². The van der Waals surface area contributed by atoms with E-state index in [4.69, 9.17) is 5.73 Å². The lowest BCUT2D eigenvalue weighted by Crippen LogP contribution is -2.35. The Kier molecular flexibility index (Phi) is 4.74. The molecule has 2 amide bonds. The molecular weight excluding hydrogens is 254 g/mol. The van der Waals surface area contributed by atoms with E-state index < -0.39 is 6.04 Å². The van der Waals surface area contributed by atoms with Gasteiger partial charge in [-0.05, 0) is 31.0 Å². The molecule has 1 saturated heterocycles. The molecule has 1 fully saturated rings. The van der Waals surface area contributed by atoms with Crippen molar-refractivity contribution in [3.8, 4) is 0 Å². The third-order valence-corrected chi connectivity index (χ3v) is 3.44. The Bertz CT molecular complexity index is 502. The molecule has 108 valence electrons. The highest BCUT2D eigenvalue weighted by atomic mass is 16.2. The van der Waals surface area contributed by atoms with E-state index in [0.29, 0.717) is 18.5 Å². The zero-order valence-electron chi connectivity index (χ0n) is 11.8. The first-order valence-electron chi connectivity index (χ1n) is 7.08. The highest BCUT2D eigenvalue weighted by Crippen LogP contribution is 2.24. The van der Waals surface area contributed by atoms with Crippen LogP contribution in [0, 0.1) is 0 Å². The summed E-state index contributed by atoms with van der Waals surface area (Å²) in [4.78, 5) is 25.4. The number of nitrogens with zero attached hydrogens (tertiary/aromatic N) is 1. The number of hydrogen-bond donors (Lipinski definition) is 2. The van der Waals surface area contributed by atoms with Crippen molar-refractivity contribution in [1.29, 1.82) is 0 Å². The van der Waals surface area contributed by atoms with Crippen molar-refractivity contribution in [1.82, 2.24) is 0 Å². The Labute approximate surface area is 119 Å². The number of anilines is 2. The Morgan fingerprint density at radius 2 is 2.30 bits per heavy atom. The number of hydrogen-bond acceptors (Lipinski definition) is 3. The predicted molar refractivity (Wildman–Crippen MR) is 79.5 cm³/mol. The van der Waals surface area contributed by atoms with Crippen molar-refractivity contribution >= 4 is 23.2 Å². The zero-order chi connectivity index (χ0) is 14.5. The molecule has 0 radical (unpaired) electrons. The summed E-state index contributed by atoms with van der Waals surface area (Å²) in [7, 11) is 0. The van der Waals surface area contributed by atoms with E-state index >= 15 is 0 Å². The van der Waals surface area contributed by atoms with Gasteiger partial charge in [0.15, 0.2) is 0 Å².